The molecule has 0 aromatic heterocycles. The number of amides is 2. The van der Waals surface area contributed by atoms with Crippen molar-refractivity contribution in [2.24, 2.45) is 17.8 Å². The van der Waals surface area contributed by atoms with Crippen LogP contribution in [0.1, 0.15) is 86.5 Å². The zero-order valence-electron chi connectivity index (χ0n) is 23.9. The lowest BCUT2D eigenvalue weighted by Gasteiger charge is -2.33. The van der Waals surface area contributed by atoms with Crippen LogP contribution in [0.3, 0.4) is 0 Å². The number of allylic oxidation sites excluding steroid dienone is 3. The second-order valence-corrected chi connectivity index (χ2v) is 10.5. The van der Waals surface area contributed by atoms with Crippen LogP contribution in [0, 0.1) is 17.8 Å². The first-order chi connectivity index (χ1) is 17.1. The van der Waals surface area contributed by atoms with Crippen molar-refractivity contribution in [2.45, 2.75) is 117 Å². The van der Waals surface area contributed by atoms with E-state index in [1.165, 1.54) is 0 Å². The van der Waals surface area contributed by atoms with E-state index in [4.69, 9.17) is 9.47 Å². The first-order valence-electron chi connectivity index (χ1n) is 13.8. The Kier molecular flexibility index (Phi) is 15.2. The van der Waals surface area contributed by atoms with Gasteiger partial charge in [0.15, 0.2) is 0 Å². The van der Waals surface area contributed by atoms with Gasteiger partial charge in [0.05, 0.1) is 42.7 Å². The maximum atomic E-state index is 13.2. The maximum Gasteiger partial charge on any atom is 0.225 e. The van der Waals surface area contributed by atoms with Gasteiger partial charge < -0.3 is 25.2 Å². The van der Waals surface area contributed by atoms with Gasteiger partial charge in [-0.2, -0.15) is 0 Å². The van der Waals surface area contributed by atoms with Gasteiger partial charge in [-0.15, -0.1) is 0 Å². The lowest BCUT2D eigenvalue weighted by Crippen LogP contribution is -2.53. The highest BCUT2D eigenvalue weighted by molar-refractivity contribution is 5.80. The molecule has 0 fully saturated rings. The summed E-state index contributed by atoms with van der Waals surface area (Å²) in [6, 6.07) is -0.727. The molecule has 0 heterocycles. The van der Waals surface area contributed by atoms with Crippen molar-refractivity contribution in [3.63, 3.8) is 0 Å². The van der Waals surface area contributed by atoms with Crippen molar-refractivity contribution < 1.29 is 24.2 Å². The van der Waals surface area contributed by atoms with Gasteiger partial charge in [-0.05, 0) is 43.6 Å². The Morgan fingerprint density at radius 3 is 2.31 bits per heavy atom. The minimum absolute atomic E-state index is 0.0890. The van der Waals surface area contributed by atoms with E-state index in [2.05, 4.69) is 44.4 Å². The second kappa shape index (κ2) is 16.9. The number of carbonyl (C=O) groups is 2. The van der Waals surface area contributed by atoms with E-state index >= 15 is 0 Å². The number of hydrogen-bond acceptors (Lipinski definition) is 5. The molecule has 1 aliphatic rings. The molecule has 7 nitrogen and oxygen atoms in total. The van der Waals surface area contributed by atoms with Gasteiger partial charge in [0, 0.05) is 14.2 Å². The van der Waals surface area contributed by atoms with Crippen molar-refractivity contribution >= 4 is 11.8 Å². The number of aliphatic hydroxyl groups excluding tert-OH is 1. The Hall–Kier alpha value is -1.70. The molecular formula is C29H52N2O5. The molecule has 0 bridgehead atoms. The summed E-state index contributed by atoms with van der Waals surface area (Å²) in [6.07, 6.45) is 10.1. The molecule has 1 aliphatic carbocycles. The first kappa shape index (κ1) is 32.3. The molecule has 36 heavy (non-hydrogen) atoms. The highest BCUT2D eigenvalue weighted by atomic mass is 16.5. The van der Waals surface area contributed by atoms with Crippen LogP contribution >= 0.6 is 0 Å². The first-order valence-corrected chi connectivity index (χ1v) is 13.8. The molecule has 0 spiro atoms. The number of ether oxygens (including phenoxy) is 2. The number of methoxy groups -OCH3 is 2. The Balaban J connectivity index is 2.88. The summed E-state index contributed by atoms with van der Waals surface area (Å²) >= 11 is 0. The number of rotatable bonds is 17. The fourth-order valence-electron chi connectivity index (χ4n) is 4.90. The lowest BCUT2D eigenvalue weighted by atomic mass is 9.87. The monoisotopic (exact) mass is 508 g/mol. The Labute approximate surface area is 219 Å². The largest absolute Gasteiger partial charge is 0.387 e. The fraction of sp³-hybridized carbons (Fsp3) is 0.793. The SMILES string of the molecule is CCCC[C@H](NC(=O)C[C@@H](OC)C(C)[C@@H](C)CC)[C@H](OC)C(C)C(=O)NC(C)[C@@H](O)C1=CC=CCC1. The van der Waals surface area contributed by atoms with Crippen LogP contribution in [0.15, 0.2) is 23.8 Å². The molecule has 0 saturated carbocycles. The minimum atomic E-state index is -0.735. The molecule has 7 heteroatoms. The van der Waals surface area contributed by atoms with E-state index in [0.717, 1.165) is 37.7 Å². The predicted octanol–water partition coefficient (Wildman–Crippen LogP) is 4.54. The average Bonchev–Trinajstić information content (AvgIpc) is 2.89. The van der Waals surface area contributed by atoms with Gasteiger partial charge in [0.25, 0.3) is 0 Å². The van der Waals surface area contributed by atoms with E-state index in [-0.39, 0.29) is 36.3 Å². The summed E-state index contributed by atoms with van der Waals surface area (Å²) in [6.45, 7) is 12.2. The van der Waals surface area contributed by atoms with Gasteiger partial charge in [0.2, 0.25) is 11.8 Å². The van der Waals surface area contributed by atoms with Crippen LogP contribution in [-0.4, -0.2) is 61.5 Å². The maximum absolute atomic E-state index is 13.2. The van der Waals surface area contributed by atoms with E-state index in [9.17, 15) is 14.7 Å². The number of nitrogens with one attached hydrogen (secondary N) is 2. The van der Waals surface area contributed by atoms with Crippen molar-refractivity contribution in [1.29, 1.82) is 0 Å². The van der Waals surface area contributed by atoms with Gasteiger partial charge in [0.1, 0.15) is 0 Å². The summed E-state index contributed by atoms with van der Waals surface area (Å²) < 4.78 is 11.5. The third-order valence-electron chi connectivity index (χ3n) is 7.88. The van der Waals surface area contributed by atoms with E-state index in [1.807, 2.05) is 26.0 Å². The summed E-state index contributed by atoms with van der Waals surface area (Å²) in [5.74, 6) is -0.0910. The second-order valence-electron chi connectivity index (χ2n) is 10.5. The van der Waals surface area contributed by atoms with Gasteiger partial charge in [-0.3, -0.25) is 9.59 Å². The van der Waals surface area contributed by atoms with Crippen molar-refractivity contribution in [3.05, 3.63) is 23.8 Å². The standard InChI is InChI=1S/C29H52N2O5/c1-9-11-17-24(31-26(32)18-25(35-7)20(4)19(3)10-2)28(36-8)21(5)29(34)30-22(6)27(33)23-15-13-12-14-16-23/h12-13,15,19-22,24-25,27-28,33H,9-11,14,16-18H2,1-8H3,(H,30,34)(H,31,32)/t19-,20?,21?,22?,24-,25+,27+,28+/m0/s1. The van der Waals surface area contributed by atoms with Crippen LogP contribution in [0.5, 0.6) is 0 Å². The number of aliphatic hydroxyl groups is 1. The molecular weight excluding hydrogens is 456 g/mol. The van der Waals surface area contributed by atoms with Crippen LogP contribution in [0.4, 0.5) is 0 Å². The summed E-state index contributed by atoms with van der Waals surface area (Å²) in [5.41, 5.74) is 0.925. The molecule has 0 aromatic rings. The smallest absolute Gasteiger partial charge is 0.225 e. The summed E-state index contributed by atoms with van der Waals surface area (Å²) in [5, 5.41) is 16.8. The Bertz CT molecular complexity index is 722. The molecule has 0 aliphatic heterocycles. The zero-order chi connectivity index (χ0) is 27.3. The Morgan fingerprint density at radius 1 is 1.08 bits per heavy atom. The molecule has 0 aromatic carbocycles. The predicted molar refractivity (Wildman–Crippen MR) is 146 cm³/mol. The summed E-state index contributed by atoms with van der Waals surface area (Å²) in [4.78, 5) is 26.2. The van der Waals surface area contributed by atoms with Crippen LogP contribution in [-0.2, 0) is 19.1 Å². The van der Waals surface area contributed by atoms with Crippen LogP contribution in [0.2, 0.25) is 0 Å². The number of unbranched alkanes of at least 4 members (excludes halogenated alkanes) is 1. The average molecular weight is 509 g/mol. The third-order valence-corrected chi connectivity index (χ3v) is 7.88. The van der Waals surface area contributed by atoms with Crippen molar-refractivity contribution in [2.75, 3.05) is 14.2 Å². The molecule has 8 atom stereocenters. The van der Waals surface area contributed by atoms with Crippen molar-refractivity contribution in [1.82, 2.24) is 10.6 Å². The van der Waals surface area contributed by atoms with Crippen LogP contribution in [0.25, 0.3) is 0 Å². The molecule has 3 unspecified atom stereocenters. The molecule has 208 valence electrons. The highest BCUT2D eigenvalue weighted by Crippen LogP contribution is 2.24. The van der Waals surface area contributed by atoms with E-state index in [1.54, 1.807) is 14.2 Å². The van der Waals surface area contributed by atoms with Gasteiger partial charge >= 0.3 is 0 Å². The third kappa shape index (κ3) is 9.98. The zero-order valence-corrected chi connectivity index (χ0v) is 23.9. The van der Waals surface area contributed by atoms with E-state index in [0.29, 0.717) is 12.3 Å². The Morgan fingerprint density at radius 2 is 1.78 bits per heavy atom. The number of carbonyl (C=O) groups excluding carboxylic acids is 2. The van der Waals surface area contributed by atoms with Gasteiger partial charge in [-0.25, -0.2) is 0 Å². The molecule has 3 N–H and O–H groups in total. The molecule has 1 rings (SSSR count). The molecule has 2 amide bonds. The minimum Gasteiger partial charge on any atom is -0.387 e. The quantitative estimate of drug-likeness (QED) is 0.268. The topological polar surface area (TPSA) is 96.9 Å². The normalized spacial score (nSPS) is 20.3. The van der Waals surface area contributed by atoms with Crippen molar-refractivity contribution in [3.8, 4) is 0 Å². The van der Waals surface area contributed by atoms with Crippen LogP contribution < -0.4 is 10.6 Å². The molecule has 0 radical (unpaired) electrons. The summed E-state index contributed by atoms with van der Waals surface area (Å²) in [7, 11) is 3.24. The fourth-order valence-corrected chi connectivity index (χ4v) is 4.90. The van der Waals surface area contributed by atoms with Gasteiger partial charge in [-0.1, -0.05) is 72.1 Å². The highest BCUT2D eigenvalue weighted by Gasteiger charge is 2.34. The van der Waals surface area contributed by atoms with E-state index < -0.39 is 24.2 Å². The molecule has 0 saturated heterocycles. The number of hydrogen-bond donors (Lipinski definition) is 3. The lowest BCUT2D eigenvalue weighted by molar-refractivity contribution is -0.134.